The van der Waals surface area contributed by atoms with Gasteiger partial charge in [-0.25, -0.2) is 4.98 Å². The van der Waals surface area contributed by atoms with Crippen LogP contribution in [0.2, 0.25) is 0 Å². The lowest BCUT2D eigenvalue weighted by Crippen LogP contribution is -2.21. The zero-order valence-electron chi connectivity index (χ0n) is 15.7. The van der Waals surface area contributed by atoms with E-state index in [1.165, 1.54) is 11.8 Å². The number of benzene rings is 2. The molecule has 3 rings (SSSR count). The molecule has 0 saturated heterocycles. The third kappa shape index (κ3) is 4.15. The molecule has 1 N–H and O–H groups in total. The topological polar surface area (TPSA) is 79.4 Å². The molecule has 0 aliphatic heterocycles. The number of aromatic nitrogens is 1. The van der Waals surface area contributed by atoms with Crippen LogP contribution in [0.4, 0.5) is 5.13 Å². The number of rotatable bonds is 5. The van der Waals surface area contributed by atoms with Crippen LogP contribution < -0.4 is 5.32 Å². The van der Waals surface area contributed by atoms with Gasteiger partial charge in [-0.1, -0.05) is 41.7 Å². The van der Waals surface area contributed by atoms with Crippen LogP contribution in [0.25, 0.3) is 11.3 Å². The van der Waals surface area contributed by atoms with Gasteiger partial charge in [0.05, 0.1) is 10.6 Å². The molecule has 0 bridgehead atoms. The fourth-order valence-corrected chi connectivity index (χ4v) is 3.47. The molecule has 2 amide bonds. The van der Waals surface area contributed by atoms with Gasteiger partial charge < -0.3 is 4.90 Å². The highest BCUT2D eigenvalue weighted by Gasteiger charge is 2.18. The van der Waals surface area contributed by atoms with Crippen molar-refractivity contribution in [2.24, 2.45) is 0 Å². The van der Waals surface area contributed by atoms with Gasteiger partial charge in [0.25, 0.3) is 11.8 Å². The van der Waals surface area contributed by atoms with E-state index in [0.717, 1.165) is 16.9 Å². The molecular formula is C21H19N3O3S. The highest BCUT2D eigenvalue weighted by molar-refractivity contribution is 7.18. The van der Waals surface area contributed by atoms with E-state index in [1.54, 1.807) is 38.4 Å². The maximum absolute atomic E-state index is 12.5. The molecule has 28 heavy (non-hydrogen) atoms. The Labute approximate surface area is 166 Å². The normalized spacial score (nSPS) is 10.4. The molecular weight excluding hydrogens is 374 g/mol. The summed E-state index contributed by atoms with van der Waals surface area (Å²) in [6.07, 6.45) is 0. The minimum atomic E-state index is -0.354. The lowest BCUT2D eigenvalue weighted by atomic mass is 10.1. The summed E-state index contributed by atoms with van der Waals surface area (Å²) in [6.45, 7) is 1.48. The SMILES string of the molecule is CC(=O)c1sc(NC(=O)c2ccc(C(=O)N(C)C)cc2)nc1-c1ccccc1. The van der Waals surface area contributed by atoms with Crippen molar-refractivity contribution in [3.8, 4) is 11.3 Å². The summed E-state index contributed by atoms with van der Waals surface area (Å²) in [5.74, 6) is -0.596. The molecule has 3 aromatic rings. The average Bonchev–Trinajstić information content (AvgIpc) is 3.12. The molecule has 1 aromatic heterocycles. The number of Topliss-reactive ketones (excluding diaryl/α,β-unsaturated/α-hetero) is 1. The van der Waals surface area contributed by atoms with Crippen LogP contribution in [0, 0.1) is 0 Å². The highest BCUT2D eigenvalue weighted by atomic mass is 32.1. The zero-order chi connectivity index (χ0) is 20.3. The van der Waals surface area contributed by atoms with Crippen molar-refractivity contribution < 1.29 is 14.4 Å². The highest BCUT2D eigenvalue weighted by Crippen LogP contribution is 2.31. The van der Waals surface area contributed by atoms with Crippen LogP contribution in [0.3, 0.4) is 0 Å². The molecule has 0 spiro atoms. The number of hydrogen-bond acceptors (Lipinski definition) is 5. The number of carbonyl (C=O) groups is 3. The quantitative estimate of drug-likeness (QED) is 0.665. The van der Waals surface area contributed by atoms with Gasteiger partial charge in [0.1, 0.15) is 0 Å². The van der Waals surface area contributed by atoms with Crippen molar-refractivity contribution in [2.75, 3.05) is 19.4 Å². The minimum absolute atomic E-state index is 0.108. The van der Waals surface area contributed by atoms with Gasteiger partial charge in [-0.15, -0.1) is 0 Å². The first kappa shape index (κ1) is 19.4. The maximum atomic E-state index is 12.5. The first-order valence-electron chi connectivity index (χ1n) is 8.57. The first-order chi connectivity index (χ1) is 13.4. The van der Waals surface area contributed by atoms with Gasteiger partial charge >= 0.3 is 0 Å². The Balaban J connectivity index is 1.83. The number of anilines is 1. The zero-order valence-corrected chi connectivity index (χ0v) is 16.5. The number of ketones is 1. The van der Waals surface area contributed by atoms with Gasteiger partial charge in [0.15, 0.2) is 10.9 Å². The van der Waals surface area contributed by atoms with Crippen LogP contribution in [0.5, 0.6) is 0 Å². The van der Waals surface area contributed by atoms with Crippen LogP contribution in [-0.2, 0) is 0 Å². The van der Waals surface area contributed by atoms with E-state index >= 15 is 0 Å². The predicted molar refractivity (Wildman–Crippen MR) is 110 cm³/mol. The number of amides is 2. The number of nitrogens with zero attached hydrogens (tertiary/aromatic N) is 2. The van der Waals surface area contributed by atoms with Gasteiger partial charge in [0, 0.05) is 37.7 Å². The smallest absolute Gasteiger partial charge is 0.257 e. The van der Waals surface area contributed by atoms with E-state index in [9.17, 15) is 14.4 Å². The Hall–Kier alpha value is -3.32. The molecule has 142 valence electrons. The second kappa shape index (κ2) is 8.14. The molecule has 0 aliphatic carbocycles. The molecule has 0 saturated carbocycles. The number of carbonyl (C=O) groups excluding carboxylic acids is 3. The molecule has 0 aliphatic rings. The third-order valence-electron chi connectivity index (χ3n) is 4.01. The lowest BCUT2D eigenvalue weighted by molar-refractivity contribution is 0.0826. The second-order valence-corrected chi connectivity index (χ2v) is 7.35. The van der Waals surface area contributed by atoms with Crippen molar-refractivity contribution >= 4 is 34.1 Å². The van der Waals surface area contributed by atoms with Crippen LogP contribution in [0.15, 0.2) is 54.6 Å². The Morgan fingerprint density at radius 2 is 1.54 bits per heavy atom. The second-order valence-electron chi connectivity index (χ2n) is 6.35. The van der Waals surface area contributed by atoms with Crippen molar-refractivity contribution in [3.63, 3.8) is 0 Å². The summed E-state index contributed by atoms with van der Waals surface area (Å²) in [6, 6.07) is 15.7. The molecule has 2 aromatic carbocycles. The summed E-state index contributed by atoms with van der Waals surface area (Å²) in [7, 11) is 3.34. The third-order valence-corrected chi connectivity index (χ3v) is 5.09. The number of thiazole rings is 1. The van der Waals surface area contributed by atoms with Crippen LogP contribution in [-0.4, -0.2) is 41.6 Å². The van der Waals surface area contributed by atoms with Crippen molar-refractivity contribution in [3.05, 3.63) is 70.6 Å². The summed E-state index contributed by atoms with van der Waals surface area (Å²) in [4.78, 5) is 42.9. The lowest BCUT2D eigenvalue weighted by Gasteiger charge is -2.10. The van der Waals surface area contributed by atoms with E-state index in [2.05, 4.69) is 10.3 Å². The summed E-state index contributed by atoms with van der Waals surface area (Å²) in [5, 5.41) is 3.09. The van der Waals surface area contributed by atoms with E-state index < -0.39 is 0 Å². The molecule has 0 radical (unpaired) electrons. The van der Waals surface area contributed by atoms with Crippen LogP contribution in [0.1, 0.15) is 37.3 Å². The monoisotopic (exact) mass is 393 g/mol. The average molecular weight is 393 g/mol. The molecule has 6 nitrogen and oxygen atoms in total. The van der Waals surface area contributed by atoms with Gasteiger partial charge in [-0.3, -0.25) is 19.7 Å². The standard InChI is InChI=1S/C21H19N3O3S/c1-13(25)18-17(14-7-5-4-6-8-14)22-21(28-18)23-19(26)15-9-11-16(12-10-15)20(27)24(2)3/h4-12H,1-3H3,(H,22,23,26). The maximum Gasteiger partial charge on any atom is 0.257 e. The largest absolute Gasteiger partial charge is 0.345 e. The molecule has 7 heteroatoms. The van der Waals surface area contributed by atoms with E-state index in [0.29, 0.717) is 26.8 Å². The predicted octanol–water partition coefficient (Wildman–Crippen LogP) is 3.97. The summed E-state index contributed by atoms with van der Waals surface area (Å²) in [5.41, 5.74) is 2.27. The molecule has 0 fully saturated rings. The molecule has 0 atom stereocenters. The van der Waals surface area contributed by atoms with Gasteiger partial charge in [0.2, 0.25) is 0 Å². The van der Waals surface area contributed by atoms with Crippen molar-refractivity contribution in [1.29, 1.82) is 0 Å². The first-order valence-corrected chi connectivity index (χ1v) is 9.38. The van der Waals surface area contributed by atoms with Crippen molar-refractivity contribution in [2.45, 2.75) is 6.92 Å². The summed E-state index contributed by atoms with van der Waals surface area (Å²) < 4.78 is 0. The van der Waals surface area contributed by atoms with E-state index in [-0.39, 0.29) is 17.6 Å². The minimum Gasteiger partial charge on any atom is -0.345 e. The molecule has 1 heterocycles. The molecule has 0 unspecified atom stereocenters. The van der Waals surface area contributed by atoms with E-state index in [1.807, 2.05) is 30.3 Å². The number of nitrogens with one attached hydrogen (secondary N) is 1. The number of hydrogen-bond donors (Lipinski definition) is 1. The summed E-state index contributed by atoms with van der Waals surface area (Å²) >= 11 is 1.14. The Bertz CT molecular complexity index is 1020. The van der Waals surface area contributed by atoms with Crippen LogP contribution >= 0.6 is 11.3 Å². The fraction of sp³-hybridized carbons (Fsp3) is 0.143. The van der Waals surface area contributed by atoms with Crippen molar-refractivity contribution in [1.82, 2.24) is 9.88 Å². The van der Waals surface area contributed by atoms with Gasteiger partial charge in [-0.05, 0) is 24.3 Å². The Morgan fingerprint density at radius 3 is 2.11 bits per heavy atom. The Kier molecular flexibility index (Phi) is 5.65. The Morgan fingerprint density at radius 1 is 0.929 bits per heavy atom. The van der Waals surface area contributed by atoms with Gasteiger partial charge in [-0.2, -0.15) is 0 Å². The van der Waals surface area contributed by atoms with E-state index in [4.69, 9.17) is 0 Å². The fourth-order valence-electron chi connectivity index (χ4n) is 2.60.